The van der Waals surface area contributed by atoms with E-state index in [1.165, 1.54) is 6.92 Å². The minimum atomic E-state index is -4.82. The lowest BCUT2D eigenvalue weighted by Gasteiger charge is -2.31. The molecule has 0 saturated heterocycles. The maximum Gasteiger partial charge on any atom is 0.400 e. The normalized spacial score (nSPS) is 15.1. The Morgan fingerprint density at radius 2 is 1.82 bits per heavy atom. The maximum absolute atomic E-state index is 13.8. The van der Waals surface area contributed by atoms with Crippen LogP contribution >= 0.6 is 0 Å². The first kappa shape index (κ1) is 27.5. The zero-order valence-electron chi connectivity index (χ0n) is 18.9. The largest absolute Gasteiger partial charge is 0.400 e. The van der Waals surface area contributed by atoms with Crippen molar-refractivity contribution in [3.63, 3.8) is 0 Å². The molecule has 6 nitrogen and oxygen atoms in total. The molecule has 184 valence electrons. The van der Waals surface area contributed by atoms with E-state index in [-0.39, 0.29) is 13.0 Å². The summed E-state index contributed by atoms with van der Waals surface area (Å²) in [7, 11) is 0. The van der Waals surface area contributed by atoms with Crippen molar-refractivity contribution in [1.82, 2.24) is 10.0 Å². The Labute approximate surface area is 200 Å². The summed E-state index contributed by atoms with van der Waals surface area (Å²) in [6.45, 7) is 3.01. The van der Waals surface area contributed by atoms with Crippen molar-refractivity contribution in [1.29, 1.82) is 5.26 Å². The summed E-state index contributed by atoms with van der Waals surface area (Å²) in [5, 5.41) is 11.6. The van der Waals surface area contributed by atoms with Crippen LogP contribution in [0, 0.1) is 23.2 Å². The molecule has 0 aromatic heterocycles. The minimum absolute atomic E-state index is 0.114. The molecule has 34 heavy (non-hydrogen) atoms. The number of nitrogens with zero attached hydrogens (tertiary/aromatic N) is 1. The average Bonchev–Trinajstić information content (AvgIpc) is 2.79. The number of nitrogens with one attached hydrogen (secondary N) is 2. The molecule has 10 heteroatoms. The molecule has 0 heterocycles. The zero-order valence-corrected chi connectivity index (χ0v) is 19.7. The third kappa shape index (κ3) is 7.65. The molecule has 2 aromatic carbocycles. The quantitative estimate of drug-likeness (QED) is 0.384. The van der Waals surface area contributed by atoms with Gasteiger partial charge in [-0.3, -0.25) is 9.35 Å². The number of hydrogen-bond donors (Lipinski definition) is 3. The van der Waals surface area contributed by atoms with Crippen LogP contribution in [0.2, 0.25) is 0 Å². The van der Waals surface area contributed by atoms with Crippen LogP contribution in [0.3, 0.4) is 0 Å². The third-order valence-corrected chi connectivity index (χ3v) is 6.20. The van der Waals surface area contributed by atoms with Gasteiger partial charge in [-0.2, -0.15) is 18.4 Å². The van der Waals surface area contributed by atoms with Crippen molar-refractivity contribution < 1.29 is 26.7 Å². The molecule has 0 aliphatic carbocycles. The Morgan fingerprint density at radius 1 is 1.18 bits per heavy atom. The average molecular weight is 496 g/mol. The number of hydrogen-bond acceptors (Lipinski definition) is 3. The number of carbonyl (C=O) groups is 1. The van der Waals surface area contributed by atoms with Crippen LogP contribution in [0.4, 0.5) is 13.2 Å². The molecular weight excluding hydrogens is 467 g/mol. The standard InChI is InChI=1S/C24H28F3N3O3S/c1-3-4-9-21(30-34(32)33)16(2)22(24(25,26)27)23(31)29-15-17-10-12-18(13-11-17)20-8-6-5-7-19(20)14-28/h5-8,10-13,16,21-22,30H,3-4,9,15H2,1-2H3,(H,29,31)(H,32,33). The highest BCUT2D eigenvalue weighted by Gasteiger charge is 2.50. The summed E-state index contributed by atoms with van der Waals surface area (Å²) in [6.07, 6.45) is -3.35. The van der Waals surface area contributed by atoms with Crippen LogP contribution in [-0.4, -0.2) is 26.9 Å². The number of nitriles is 1. The first-order valence-electron chi connectivity index (χ1n) is 10.9. The first-order chi connectivity index (χ1) is 16.1. The Hall–Kier alpha value is -2.74. The third-order valence-electron chi connectivity index (χ3n) is 5.70. The van der Waals surface area contributed by atoms with Crippen LogP contribution in [0.5, 0.6) is 0 Å². The fourth-order valence-electron chi connectivity index (χ4n) is 3.83. The molecule has 0 radical (unpaired) electrons. The van der Waals surface area contributed by atoms with E-state index in [1.54, 1.807) is 48.5 Å². The maximum atomic E-state index is 13.8. The van der Waals surface area contributed by atoms with Crippen LogP contribution in [-0.2, 0) is 22.6 Å². The molecule has 4 unspecified atom stereocenters. The number of unbranched alkanes of at least 4 members (excludes halogenated alkanes) is 1. The molecular formula is C24H28F3N3O3S. The molecule has 4 atom stereocenters. The van der Waals surface area contributed by atoms with Crippen LogP contribution in [0.15, 0.2) is 48.5 Å². The zero-order chi connectivity index (χ0) is 25.3. The summed E-state index contributed by atoms with van der Waals surface area (Å²) in [6, 6.07) is 15.0. The van der Waals surface area contributed by atoms with Crippen LogP contribution in [0.25, 0.3) is 11.1 Å². The lowest BCUT2D eigenvalue weighted by atomic mass is 9.84. The molecule has 3 N–H and O–H groups in total. The fourth-order valence-corrected chi connectivity index (χ4v) is 4.43. The summed E-state index contributed by atoms with van der Waals surface area (Å²) in [5.74, 6) is -4.79. The Kier molecular flexibility index (Phi) is 10.2. The molecule has 0 bridgehead atoms. The Balaban J connectivity index is 2.14. The fraction of sp³-hybridized carbons (Fsp3) is 0.417. The monoisotopic (exact) mass is 495 g/mol. The van der Waals surface area contributed by atoms with E-state index in [0.29, 0.717) is 24.0 Å². The van der Waals surface area contributed by atoms with Gasteiger partial charge >= 0.3 is 6.18 Å². The van der Waals surface area contributed by atoms with Gasteiger partial charge in [-0.25, -0.2) is 8.93 Å². The minimum Gasteiger partial charge on any atom is -0.351 e. The van der Waals surface area contributed by atoms with E-state index in [4.69, 9.17) is 4.55 Å². The lowest BCUT2D eigenvalue weighted by Crippen LogP contribution is -2.49. The van der Waals surface area contributed by atoms with Crippen molar-refractivity contribution in [2.45, 2.75) is 51.9 Å². The van der Waals surface area contributed by atoms with E-state index < -0.39 is 41.2 Å². The Morgan fingerprint density at radius 3 is 2.38 bits per heavy atom. The first-order valence-corrected chi connectivity index (χ1v) is 12.0. The number of carbonyl (C=O) groups excluding carboxylic acids is 1. The van der Waals surface area contributed by atoms with E-state index in [9.17, 15) is 27.4 Å². The SMILES string of the molecule is CCCCC(NS(=O)O)C(C)C(C(=O)NCc1ccc(-c2ccccc2C#N)cc1)C(F)(F)F. The highest BCUT2D eigenvalue weighted by atomic mass is 32.2. The van der Waals surface area contributed by atoms with Gasteiger partial charge < -0.3 is 5.32 Å². The predicted molar refractivity (Wildman–Crippen MR) is 124 cm³/mol. The molecule has 2 rings (SSSR count). The highest BCUT2D eigenvalue weighted by Crippen LogP contribution is 2.35. The van der Waals surface area contributed by atoms with Gasteiger partial charge in [-0.05, 0) is 35.1 Å². The molecule has 0 aliphatic heterocycles. The van der Waals surface area contributed by atoms with Gasteiger partial charge in [-0.15, -0.1) is 0 Å². The predicted octanol–water partition coefficient (Wildman–Crippen LogP) is 4.94. The second kappa shape index (κ2) is 12.6. The van der Waals surface area contributed by atoms with Crippen molar-refractivity contribution in [2.75, 3.05) is 0 Å². The van der Waals surface area contributed by atoms with Crippen LogP contribution in [0.1, 0.15) is 44.2 Å². The smallest absolute Gasteiger partial charge is 0.351 e. The van der Waals surface area contributed by atoms with Crippen molar-refractivity contribution in [2.24, 2.45) is 11.8 Å². The molecule has 0 saturated carbocycles. The number of halogens is 3. The van der Waals surface area contributed by atoms with E-state index in [0.717, 1.165) is 11.1 Å². The van der Waals surface area contributed by atoms with Gasteiger partial charge in [0, 0.05) is 12.6 Å². The van der Waals surface area contributed by atoms with E-state index in [2.05, 4.69) is 16.1 Å². The van der Waals surface area contributed by atoms with Crippen molar-refractivity contribution in [3.05, 3.63) is 59.7 Å². The molecule has 1 amide bonds. The topological polar surface area (TPSA) is 102 Å². The van der Waals surface area contributed by atoms with Gasteiger partial charge in [0.05, 0.1) is 11.6 Å². The number of rotatable bonds is 11. The van der Waals surface area contributed by atoms with Crippen LogP contribution < -0.4 is 10.0 Å². The van der Waals surface area contributed by atoms with Gasteiger partial charge in [-0.1, -0.05) is 69.2 Å². The van der Waals surface area contributed by atoms with Gasteiger partial charge in [0.15, 0.2) is 0 Å². The van der Waals surface area contributed by atoms with E-state index >= 15 is 0 Å². The Bertz CT molecular complexity index is 1020. The number of benzene rings is 2. The number of alkyl halides is 3. The summed E-state index contributed by atoms with van der Waals surface area (Å²) in [4.78, 5) is 12.6. The molecule has 0 aliphatic rings. The second-order valence-electron chi connectivity index (χ2n) is 8.07. The molecule has 0 spiro atoms. The second-order valence-corrected chi connectivity index (χ2v) is 8.80. The summed E-state index contributed by atoms with van der Waals surface area (Å²) in [5.41, 5.74) is 2.60. The lowest BCUT2D eigenvalue weighted by molar-refractivity contribution is -0.194. The molecule has 2 aromatic rings. The number of amides is 1. The molecule has 0 fully saturated rings. The van der Waals surface area contributed by atoms with E-state index in [1.807, 2.05) is 6.92 Å². The van der Waals surface area contributed by atoms with Crippen molar-refractivity contribution in [3.8, 4) is 17.2 Å². The highest BCUT2D eigenvalue weighted by molar-refractivity contribution is 7.77. The van der Waals surface area contributed by atoms with Crippen molar-refractivity contribution >= 4 is 17.2 Å². The summed E-state index contributed by atoms with van der Waals surface area (Å²) >= 11 is -2.50. The van der Waals surface area contributed by atoms with Gasteiger partial charge in [0.2, 0.25) is 17.2 Å². The van der Waals surface area contributed by atoms with Gasteiger partial charge in [0.1, 0.15) is 5.92 Å². The van der Waals surface area contributed by atoms with Gasteiger partial charge in [0.25, 0.3) is 0 Å². The summed E-state index contributed by atoms with van der Waals surface area (Å²) < 4.78 is 64.1.